The van der Waals surface area contributed by atoms with Crippen molar-refractivity contribution in [3.05, 3.63) is 78.3 Å². The predicted octanol–water partition coefficient (Wildman–Crippen LogP) is 4.07. The summed E-state index contributed by atoms with van der Waals surface area (Å²) < 4.78 is 5.20. The molecule has 2 N–H and O–H groups in total. The van der Waals surface area contributed by atoms with Crippen molar-refractivity contribution >= 4 is 40.9 Å². The second-order valence-corrected chi connectivity index (χ2v) is 8.31. The van der Waals surface area contributed by atoms with Crippen LogP contribution in [0.25, 0.3) is 0 Å². The summed E-state index contributed by atoms with van der Waals surface area (Å²) in [5, 5.41) is 5.68. The van der Waals surface area contributed by atoms with Crippen molar-refractivity contribution in [2.24, 2.45) is 0 Å². The molecule has 32 heavy (non-hydrogen) atoms. The average molecular weight is 450 g/mol. The number of thioether (sulfide) groups is 1. The molecule has 2 aromatic carbocycles. The standard InChI is InChI=1S/C24H23N3O4S/c28-22(25-15-19-5-4-14-31-19)16-32-21-7-2-1-6-20(21)24(30)26-17-9-11-18(12-10-17)27-13-3-8-23(27)29/h1-2,4-7,9-12,14H,3,8,13,15-16H2,(H,25,28)(H,26,30). The second-order valence-electron chi connectivity index (χ2n) is 7.29. The molecule has 0 spiro atoms. The SMILES string of the molecule is O=C(CSc1ccccc1C(=O)Nc1ccc(N2CCCC2=O)cc1)NCc1ccco1. The third-order valence-corrected chi connectivity index (χ3v) is 6.11. The zero-order valence-corrected chi connectivity index (χ0v) is 18.2. The van der Waals surface area contributed by atoms with Gasteiger partial charge in [-0.15, -0.1) is 11.8 Å². The Bertz CT molecular complexity index is 1100. The molecule has 2 heterocycles. The molecule has 0 radical (unpaired) electrons. The quantitative estimate of drug-likeness (QED) is 0.506. The molecule has 0 saturated carbocycles. The Hall–Kier alpha value is -3.52. The number of hydrogen-bond donors (Lipinski definition) is 2. The van der Waals surface area contributed by atoms with E-state index in [2.05, 4.69) is 10.6 Å². The van der Waals surface area contributed by atoms with Crippen molar-refractivity contribution in [1.29, 1.82) is 0 Å². The highest BCUT2D eigenvalue weighted by atomic mass is 32.2. The predicted molar refractivity (Wildman–Crippen MR) is 124 cm³/mol. The Kier molecular flexibility index (Phi) is 6.91. The van der Waals surface area contributed by atoms with E-state index in [0.717, 1.165) is 23.5 Å². The van der Waals surface area contributed by atoms with Gasteiger partial charge < -0.3 is 20.0 Å². The Balaban J connectivity index is 1.34. The van der Waals surface area contributed by atoms with Crippen molar-refractivity contribution in [1.82, 2.24) is 5.32 Å². The Morgan fingerprint density at radius 2 is 1.84 bits per heavy atom. The molecule has 4 rings (SSSR count). The fourth-order valence-corrected chi connectivity index (χ4v) is 4.30. The molecular weight excluding hydrogens is 426 g/mol. The first-order valence-corrected chi connectivity index (χ1v) is 11.3. The number of nitrogens with zero attached hydrogens (tertiary/aromatic N) is 1. The van der Waals surface area contributed by atoms with Crippen molar-refractivity contribution in [2.45, 2.75) is 24.3 Å². The summed E-state index contributed by atoms with van der Waals surface area (Å²) in [6.07, 6.45) is 3.00. The Labute approximate surface area is 190 Å². The number of benzene rings is 2. The van der Waals surface area contributed by atoms with Crippen LogP contribution in [-0.2, 0) is 16.1 Å². The summed E-state index contributed by atoms with van der Waals surface area (Å²) in [4.78, 5) is 39.4. The van der Waals surface area contributed by atoms with E-state index >= 15 is 0 Å². The van der Waals surface area contributed by atoms with Gasteiger partial charge in [0, 0.05) is 29.2 Å². The van der Waals surface area contributed by atoms with Crippen LogP contribution in [-0.4, -0.2) is 30.0 Å². The van der Waals surface area contributed by atoms with Crippen molar-refractivity contribution in [3.8, 4) is 0 Å². The molecule has 7 nitrogen and oxygen atoms in total. The molecule has 3 amide bonds. The van der Waals surface area contributed by atoms with Crippen LogP contribution in [0.4, 0.5) is 11.4 Å². The van der Waals surface area contributed by atoms with Gasteiger partial charge in [-0.3, -0.25) is 14.4 Å². The summed E-state index contributed by atoms with van der Waals surface area (Å²) in [7, 11) is 0. The molecule has 1 saturated heterocycles. The molecule has 8 heteroatoms. The van der Waals surface area contributed by atoms with Crippen LogP contribution >= 0.6 is 11.8 Å². The van der Waals surface area contributed by atoms with Crippen LogP contribution in [0, 0.1) is 0 Å². The monoisotopic (exact) mass is 449 g/mol. The number of furan rings is 1. The Morgan fingerprint density at radius 1 is 1.03 bits per heavy atom. The maximum Gasteiger partial charge on any atom is 0.256 e. The summed E-state index contributed by atoms with van der Waals surface area (Å²) in [5.74, 6) is 0.593. The van der Waals surface area contributed by atoms with Gasteiger partial charge in [-0.05, 0) is 55.0 Å². The molecule has 164 valence electrons. The van der Waals surface area contributed by atoms with Gasteiger partial charge in [-0.1, -0.05) is 12.1 Å². The van der Waals surface area contributed by atoms with Crippen LogP contribution in [0.15, 0.2) is 76.2 Å². The first-order valence-electron chi connectivity index (χ1n) is 10.3. The minimum atomic E-state index is -0.255. The lowest BCUT2D eigenvalue weighted by Crippen LogP contribution is -2.24. The largest absolute Gasteiger partial charge is 0.467 e. The number of hydrogen-bond acceptors (Lipinski definition) is 5. The van der Waals surface area contributed by atoms with Crippen LogP contribution in [0.3, 0.4) is 0 Å². The molecule has 1 aliphatic rings. The first-order chi connectivity index (χ1) is 15.6. The Morgan fingerprint density at radius 3 is 2.56 bits per heavy atom. The van der Waals surface area contributed by atoms with Crippen LogP contribution in [0.5, 0.6) is 0 Å². The van der Waals surface area contributed by atoms with E-state index in [1.807, 2.05) is 24.3 Å². The maximum absolute atomic E-state index is 12.9. The van der Waals surface area contributed by atoms with Gasteiger partial charge in [0.25, 0.3) is 5.91 Å². The van der Waals surface area contributed by atoms with Crippen molar-refractivity contribution < 1.29 is 18.8 Å². The lowest BCUT2D eigenvalue weighted by molar-refractivity contribution is -0.119. The van der Waals surface area contributed by atoms with Gasteiger partial charge in [0.05, 0.1) is 24.1 Å². The molecule has 1 aliphatic heterocycles. The van der Waals surface area contributed by atoms with Gasteiger partial charge in [-0.2, -0.15) is 0 Å². The summed E-state index contributed by atoms with van der Waals surface area (Å²) in [6, 6.07) is 18.0. The van der Waals surface area contributed by atoms with Gasteiger partial charge >= 0.3 is 0 Å². The zero-order valence-electron chi connectivity index (χ0n) is 17.4. The van der Waals surface area contributed by atoms with Crippen LogP contribution in [0.1, 0.15) is 29.0 Å². The number of anilines is 2. The van der Waals surface area contributed by atoms with E-state index in [-0.39, 0.29) is 23.5 Å². The topological polar surface area (TPSA) is 91.7 Å². The van der Waals surface area contributed by atoms with E-state index in [0.29, 0.717) is 30.0 Å². The molecule has 1 fully saturated rings. The number of rotatable bonds is 8. The fraction of sp³-hybridized carbons (Fsp3) is 0.208. The van der Waals surface area contributed by atoms with E-state index in [1.54, 1.807) is 47.6 Å². The molecule has 0 bridgehead atoms. The third kappa shape index (κ3) is 5.39. The highest BCUT2D eigenvalue weighted by Gasteiger charge is 2.21. The highest BCUT2D eigenvalue weighted by Crippen LogP contribution is 2.25. The summed E-state index contributed by atoms with van der Waals surface area (Å²) in [6.45, 7) is 1.05. The molecule has 0 aliphatic carbocycles. The zero-order chi connectivity index (χ0) is 22.3. The third-order valence-electron chi connectivity index (χ3n) is 5.04. The molecule has 3 aromatic rings. The number of carbonyl (C=O) groups is 3. The lowest BCUT2D eigenvalue weighted by atomic mass is 10.2. The lowest BCUT2D eigenvalue weighted by Gasteiger charge is -2.16. The van der Waals surface area contributed by atoms with Crippen molar-refractivity contribution in [3.63, 3.8) is 0 Å². The molecular formula is C24H23N3O4S. The normalized spacial score (nSPS) is 13.2. The van der Waals surface area contributed by atoms with Crippen LogP contribution in [0.2, 0.25) is 0 Å². The smallest absolute Gasteiger partial charge is 0.256 e. The maximum atomic E-state index is 12.9. The van der Waals surface area contributed by atoms with E-state index in [9.17, 15) is 14.4 Å². The van der Waals surface area contributed by atoms with Crippen LogP contribution < -0.4 is 15.5 Å². The number of nitrogens with one attached hydrogen (secondary N) is 2. The van der Waals surface area contributed by atoms with E-state index in [4.69, 9.17) is 4.42 Å². The molecule has 0 unspecified atom stereocenters. The first kappa shape index (κ1) is 21.7. The van der Waals surface area contributed by atoms with Gasteiger partial charge in [0.15, 0.2) is 0 Å². The second kappa shape index (κ2) is 10.2. The van der Waals surface area contributed by atoms with Gasteiger partial charge in [-0.25, -0.2) is 0 Å². The molecule has 1 aromatic heterocycles. The minimum absolute atomic E-state index is 0.126. The summed E-state index contributed by atoms with van der Waals surface area (Å²) in [5.41, 5.74) is 1.97. The highest BCUT2D eigenvalue weighted by molar-refractivity contribution is 8.00. The van der Waals surface area contributed by atoms with Gasteiger partial charge in [0.2, 0.25) is 11.8 Å². The minimum Gasteiger partial charge on any atom is -0.467 e. The summed E-state index contributed by atoms with van der Waals surface area (Å²) >= 11 is 1.30. The molecule has 0 atom stereocenters. The van der Waals surface area contributed by atoms with Gasteiger partial charge in [0.1, 0.15) is 5.76 Å². The van der Waals surface area contributed by atoms with E-state index in [1.165, 1.54) is 11.8 Å². The van der Waals surface area contributed by atoms with Crippen molar-refractivity contribution in [2.75, 3.05) is 22.5 Å². The van der Waals surface area contributed by atoms with E-state index < -0.39 is 0 Å². The average Bonchev–Trinajstić information content (AvgIpc) is 3.49. The number of carbonyl (C=O) groups excluding carboxylic acids is 3. The fourth-order valence-electron chi connectivity index (χ4n) is 3.42. The number of amides is 3.